The quantitative estimate of drug-likeness (QED) is 0.220. The van der Waals surface area contributed by atoms with Gasteiger partial charge in [0.15, 0.2) is 0 Å². The minimum Gasteiger partial charge on any atom is -0.496 e. The number of hydrogen-bond acceptors (Lipinski definition) is 9. The van der Waals surface area contributed by atoms with Crippen LogP contribution in [0.25, 0.3) is 16.7 Å². The number of carbonyl (C=O) groups excluding carboxylic acids is 1. The Morgan fingerprint density at radius 2 is 1.55 bits per heavy atom. The van der Waals surface area contributed by atoms with E-state index >= 15 is 0 Å². The van der Waals surface area contributed by atoms with Crippen LogP contribution in [-0.2, 0) is 11.3 Å². The second-order valence-corrected chi connectivity index (χ2v) is 11.5. The average Bonchev–Trinajstić information content (AvgIpc) is 3.10. The molecule has 0 spiro atoms. The summed E-state index contributed by atoms with van der Waals surface area (Å²) in [4.78, 5) is 40.2. The molecule has 47 heavy (non-hydrogen) atoms. The van der Waals surface area contributed by atoms with Crippen molar-refractivity contribution in [3.63, 3.8) is 0 Å². The molecule has 5 aromatic rings. The smallest absolute Gasteiger partial charge is 0.448 e. The fourth-order valence-electron chi connectivity index (χ4n) is 5.50. The number of amides is 1. The number of carbonyl (C=O) groups is 1. The van der Waals surface area contributed by atoms with Gasteiger partial charge in [-0.25, -0.2) is 9.78 Å². The van der Waals surface area contributed by atoms with E-state index in [1.165, 1.54) is 10.3 Å². The van der Waals surface area contributed by atoms with Gasteiger partial charge in [-0.15, -0.1) is 0 Å². The molecule has 12 heteroatoms. The van der Waals surface area contributed by atoms with Gasteiger partial charge in [0.1, 0.15) is 29.1 Å². The highest BCUT2D eigenvalue weighted by Crippen LogP contribution is 2.25. The van der Waals surface area contributed by atoms with Crippen molar-refractivity contribution in [2.24, 2.45) is 0 Å². The molecular weight excluding hydrogens is 596 g/mol. The highest BCUT2D eigenvalue weighted by molar-refractivity contribution is 5.90. The zero-order chi connectivity index (χ0) is 32.9. The lowest BCUT2D eigenvalue weighted by molar-refractivity contribution is -0.682. The largest absolute Gasteiger partial charge is 0.496 e. The van der Waals surface area contributed by atoms with Crippen LogP contribution < -0.4 is 35.3 Å². The third kappa shape index (κ3) is 7.17. The number of rotatable bonds is 10. The lowest BCUT2D eigenvalue weighted by Gasteiger charge is -2.34. The van der Waals surface area contributed by atoms with Crippen molar-refractivity contribution < 1.29 is 18.8 Å². The number of ether oxygens (including phenoxy) is 2. The normalized spacial score (nSPS) is 13.4. The summed E-state index contributed by atoms with van der Waals surface area (Å²) in [5.74, 6) is 1.41. The van der Waals surface area contributed by atoms with Crippen LogP contribution >= 0.6 is 0 Å². The second-order valence-electron chi connectivity index (χ2n) is 11.5. The lowest BCUT2D eigenvalue weighted by atomic mass is 10.2. The van der Waals surface area contributed by atoms with Crippen LogP contribution in [0.2, 0.25) is 0 Å². The van der Waals surface area contributed by atoms with Crippen LogP contribution in [0, 0.1) is 0 Å². The SMILES string of the molecule is CCC(=O)Nc1ccc(C[n+]2c(=O)n(-c3cc(OC)cc(OC)c3)cc3cnc(Nc4ccc(N5CCN(C)CC5)cc4)nc32)cc1. The maximum absolute atomic E-state index is 14.2. The monoisotopic (exact) mass is 635 g/mol. The molecule has 0 radical (unpaired) electrons. The molecule has 0 bridgehead atoms. The predicted octanol–water partition coefficient (Wildman–Crippen LogP) is 3.98. The molecule has 1 aliphatic rings. The Morgan fingerprint density at radius 1 is 0.894 bits per heavy atom. The zero-order valence-corrected chi connectivity index (χ0v) is 27.1. The molecule has 0 atom stereocenters. The summed E-state index contributed by atoms with van der Waals surface area (Å²) in [6.45, 7) is 6.10. The van der Waals surface area contributed by atoms with Gasteiger partial charge in [0.25, 0.3) is 5.65 Å². The van der Waals surface area contributed by atoms with Crippen molar-refractivity contribution in [3.8, 4) is 17.2 Å². The second kappa shape index (κ2) is 13.9. The minimum absolute atomic E-state index is 0.0662. The van der Waals surface area contributed by atoms with E-state index in [0.29, 0.717) is 46.3 Å². The highest BCUT2D eigenvalue weighted by atomic mass is 16.5. The Bertz CT molecular complexity index is 1910. The van der Waals surface area contributed by atoms with Crippen molar-refractivity contribution in [1.82, 2.24) is 19.4 Å². The summed E-state index contributed by atoms with van der Waals surface area (Å²) in [5.41, 5.74) is 4.30. The third-order valence-electron chi connectivity index (χ3n) is 8.26. The lowest BCUT2D eigenvalue weighted by Crippen LogP contribution is -2.55. The average molecular weight is 636 g/mol. The molecule has 1 aliphatic heterocycles. The Kier molecular flexibility index (Phi) is 9.30. The first kappa shape index (κ1) is 31.5. The molecule has 1 saturated heterocycles. The third-order valence-corrected chi connectivity index (χ3v) is 8.26. The standard InChI is InChI=1S/C35H38N8O4/c1-5-32(44)37-26-8-6-24(7-9-26)22-43-33-25(23-42(35(43)45)29-18-30(46-3)20-31(19-29)47-4)21-36-34(39-33)38-27-10-12-28(13-11-27)41-16-14-40(2)15-17-41/h6-13,18-21,23H,5,14-17,22H2,1-4H3,(H,37,44)/p+1. The van der Waals surface area contributed by atoms with E-state index in [1.807, 2.05) is 36.4 Å². The number of nitrogens with zero attached hydrogens (tertiary/aromatic N) is 6. The van der Waals surface area contributed by atoms with E-state index in [-0.39, 0.29) is 18.1 Å². The van der Waals surface area contributed by atoms with Gasteiger partial charge in [0.05, 0.1) is 20.4 Å². The maximum atomic E-state index is 14.2. The van der Waals surface area contributed by atoms with Crippen molar-refractivity contribution >= 4 is 40.0 Å². The summed E-state index contributed by atoms with van der Waals surface area (Å²) >= 11 is 0. The summed E-state index contributed by atoms with van der Waals surface area (Å²) < 4.78 is 14.1. The summed E-state index contributed by atoms with van der Waals surface area (Å²) in [5, 5.41) is 6.83. The number of piperazine rings is 1. The first-order chi connectivity index (χ1) is 22.8. The molecule has 242 valence electrons. The van der Waals surface area contributed by atoms with E-state index in [4.69, 9.17) is 14.5 Å². The number of likely N-dealkylation sites (N-methyl/N-ethyl adjacent to an activating group) is 1. The first-order valence-corrected chi connectivity index (χ1v) is 15.6. The molecule has 0 unspecified atom stereocenters. The number of nitrogens with one attached hydrogen (secondary N) is 2. The van der Waals surface area contributed by atoms with Gasteiger partial charge in [-0.3, -0.25) is 4.79 Å². The first-order valence-electron chi connectivity index (χ1n) is 15.6. The van der Waals surface area contributed by atoms with Gasteiger partial charge >= 0.3 is 11.6 Å². The van der Waals surface area contributed by atoms with Crippen LogP contribution in [0.5, 0.6) is 11.5 Å². The number of benzene rings is 3. The topological polar surface area (TPSA) is 118 Å². The number of anilines is 4. The van der Waals surface area contributed by atoms with Crippen molar-refractivity contribution in [3.05, 3.63) is 95.2 Å². The van der Waals surface area contributed by atoms with Crippen LogP contribution in [0.15, 0.2) is 83.9 Å². The van der Waals surface area contributed by atoms with Crippen LogP contribution in [0.4, 0.5) is 23.0 Å². The van der Waals surface area contributed by atoms with Crippen LogP contribution in [0.3, 0.4) is 0 Å². The van der Waals surface area contributed by atoms with Gasteiger partial charge in [-0.05, 0) is 49.0 Å². The molecule has 6 rings (SSSR count). The van der Waals surface area contributed by atoms with E-state index in [2.05, 4.69) is 44.6 Å². The van der Waals surface area contributed by atoms with E-state index in [9.17, 15) is 9.59 Å². The molecule has 2 aromatic heterocycles. The fourth-order valence-corrected chi connectivity index (χ4v) is 5.50. The fraction of sp³-hybridized carbons (Fsp3) is 0.286. The molecule has 3 heterocycles. The Hall–Kier alpha value is -5.49. The zero-order valence-electron chi connectivity index (χ0n) is 27.1. The van der Waals surface area contributed by atoms with Gasteiger partial charge in [0, 0.05) is 74.1 Å². The molecule has 3 aromatic carbocycles. The minimum atomic E-state index is -0.308. The molecule has 0 aliphatic carbocycles. The Balaban J connectivity index is 1.36. The predicted molar refractivity (Wildman–Crippen MR) is 182 cm³/mol. The van der Waals surface area contributed by atoms with Crippen LogP contribution in [0.1, 0.15) is 18.9 Å². The Morgan fingerprint density at radius 3 is 2.19 bits per heavy atom. The van der Waals surface area contributed by atoms with Gasteiger partial charge in [-0.2, -0.15) is 9.13 Å². The van der Waals surface area contributed by atoms with Crippen molar-refractivity contribution in [2.75, 3.05) is 63.0 Å². The Labute approximate surface area is 273 Å². The van der Waals surface area contributed by atoms with E-state index in [0.717, 1.165) is 37.4 Å². The number of hydrogen-bond donors (Lipinski definition) is 2. The van der Waals surface area contributed by atoms with E-state index < -0.39 is 0 Å². The van der Waals surface area contributed by atoms with Crippen molar-refractivity contribution in [1.29, 1.82) is 0 Å². The molecule has 12 nitrogen and oxygen atoms in total. The summed E-state index contributed by atoms with van der Waals surface area (Å²) in [6, 6.07) is 21.0. The molecule has 1 fully saturated rings. The maximum Gasteiger partial charge on any atom is 0.448 e. The number of aromatic nitrogens is 4. The number of fused-ring (bicyclic) bond motifs is 1. The van der Waals surface area contributed by atoms with Crippen LogP contribution in [-0.4, -0.2) is 72.8 Å². The molecule has 2 N–H and O–H groups in total. The summed E-state index contributed by atoms with van der Waals surface area (Å²) in [6.07, 6.45) is 3.82. The molecule has 1 amide bonds. The van der Waals surface area contributed by atoms with Gasteiger partial charge < -0.3 is 29.9 Å². The highest BCUT2D eigenvalue weighted by Gasteiger charge is 2.22. The number of methoxy groups -OCH3 is 2. The molecule has 0 saturated carbocycles. The molecular formula is C35H39N8O4+. The van der Waals surface area contributed by atoms with Gasteiger partial charge in [0.2, 0.25) is 5.91 Å². The van der Waals surface area contributed by atoms with Gasteiger partial charge in [-0.1, -0.05) is 24.0 Å². The van der Waals surface area contributed by atoms with Crippen molar-refractivity contribution in [2.45, 2.75) is 19.9 Å². The van der Waals surface area contributed by atoms with E-state index in [1.54, 1.807) is 56.3 Å². The summed E-state index contributed by atoms with van der Waals surface area (Å²) in [7, 11) is 5.28.